The molecule has 0 heterocycles. The van der Waals surface area contributed by atoms with Gasteiger partial charge in [0.15, 0.2) is 0 Å². The fourth-order valence-electron chi connectivity index (χ4n) is 2.24. The van der Waals surface area contributed by atoms with Gasteiger partial charge in [-0.15, -0.1) is 0 Å². The molecule has 0 aliphatic heterocycles. The number of carboxylic acid groups (broad SMARTS) is 1. The molecular formula is C15H31N3O3. The minimum atomic E-state index is -0.852. The number of aliphatic carboxylic acids is 1. The van der Waals surface area contributed by atoms with E-state index < -0.39 is 11.5 Å². The Balaban J connectivity index is 4.12. The van der Waals surface area contributed by atoms with E-state index in [0.29, 0.717) is 25.0 Å². The highest BCUT2D eigenvalue weighted by atomic mass is 16.4. The van der Waals surface area contributed by atoms with E-state index in [2.05, 4.69) is 43.2 Å². The molecule has 0 aliphatic rings. The molecule has 3 N–H and O–H groups in total. The third kappa shape index (κ3) is 9.28. The second-order valence-corrected chi connectivity index (χ2v) is 6.58. The van der Waals surface area contributed by atoms with Crippen LogP contribution in [0.4, 0.5) is 4.79 Å². The number of hydrogen-bond acceptors (Lipinski definition) is 3. The molecule has 0 aromatic carbocycles. The van der Waals surface area contributed by atoms with Gasteiger partial charge in [0.05, 0.1) is 0 Å². The SMILES string of the molecule is CC(C)N(CCNC(=O)NC(C)(C)CCC(=O)O)C(C)C. The number of rotatable bonds is 9. The minimum absolute atomic E-state index is 0.0434. The molecule has 0 unspecified atom stereocenters. The first kappa shape index (κ1) is 19.7. The molecule has 0 saturated heterocycles. The first-order valence-electron chi connectivity index (χ1n) is 7.58. The van der Waals surface area contributed by atoms with E-state index in [1.165, 1.54) is 0 Å². The maximum Gasteiger partial charge on any atom is 0.315 e. The van der Waals surface area contributed by atoms with Crippen LogP contribution >= 0.6 is 0 Å². The molecule has 0 aromatic heterocycles. The fourth-order valence-corrected chi connectivity index (χ4v) is 2.24. The zero-order valence-corrected chi connectivity index (χ0v) is 14.2. The monoisotopic (exact) mass is 301 g/mol. The molecule has 6 heteroatoms. The Bertz CT molecular complexity index is 333. The van der Waals surface area contributed by atoms with Crippen LogP contribution in [0.5, 0.6) is 0 Å². The first-order chi connectivity index (χ1) is 9.55. The molecule has 21 heavy (non-hydrogen) atoms. The molecule has 2 amide bonds. The molecule has 0 radical (unpaired) electrons. The van der Waals surface area contributed by atoms with Crippen molar-refractivity contribution in [3.05, 3.63) is 0 Å². The largest absolute Gasteiger partial charge is 0.481 e. The van der Waals surface area contributed by atoms with Crippen molar-refractivity contribution in [2.45, 2.75) is 72.0 Å². The number of carboxylic acids is 1. The molecule has 0 saturated carbocycles. The Kier molecular flexibility index (Phi) is 8.32. The lowest BCUT2D eigenvalue weighted by atomic mass is 9.99. The van der Waals surface area contributed by atoms with Gasteiger partial charge in [0.2, 0.25) is 0 Å². The average molecular weight is 301 g/mol. The van der Waals surface area contributed by atoms with Crippen molar-refractivity contribution < 1.29 is 14.7 Å². The second kappa shape index (κ2) is 8.87. The summed E-state index contributed by atoms with van der Waals surface area (Å²) in [5.41, 5.74) is -0.530. The summed E-state index contributed by atoms with van der Waals surface area (Å²) in [6, 6.07) is 0.613. The molecule has 0 rings (SSSR count). The van der Waals surface area contributed by atoms with Crippen molar-refractivity contribution >= 4 is 12.0 Å². The molecule has 0 spiro atoms. The summed E-state index contributed by atoms with van der Waals surface area (Å²) in [5, 5.41) is 14.3. The van der Waals surface area contributed by atoms with Crippen LogP contribution in [0.15, 0.2) is 0 Å². The summed E-state index contributed by atoms with van der Waals surface area (Å²) >= 11 is 0. The van der Waals surface area contributed by atoms with Crippen molar-refractivity contribution in [2.75, 3.05) is 13.1 Å². The van der Waals surface area contributed by atoms with Gasteiger partial charge in [0, 0.05) is 37.1 Å². The third-order valence-corrected chi connectivity index (χ3v) is 3.40. The number of amides is 2. The highest BCUT2D eigenvalue weighted by Crippen LogP contribution is 2.10. The zero-order valence-electron chi connectivity index (χ0n) is 14.2. The van der Waals surface area contributed by atoms with Gasteiger partial charge in [-0.1, -0.05) is 0 Å². The van der Waals surface area contributed by atoms with Crippen molar-refractivity contribution in [2.24, 2.45) is 0 Å². The van der Waals surface area contributed by atoms with Crippen LogP contribution in [0.25, 0.3) is 0 Å². The maximum absolute atomic E-state index is 11.8. The Morgan fingerprint density at radius 1 is 1.14 bits per heavy atom. The van der Waals surface area contributed by atoms with Gasteiger partial charge in [0.1, 0.15) is 0 Å². The molecular weight excluding hydrogens is 270 g/mol. The van der Waals surface area contributed by atoms with E-state index in [0.717, 1.165) is 6.54 Å². The Hall–Kier alpha value is -1.30. The van der Waals surface area contributed by atoms with Gasteiger partial charge >= 0.3 is 12.0 Å². The summed E-state index contributed by atoms with van der Waals surface area (Å²) in [4.78, 5) is 24.7. The summed E-state index contributed by atoms with van der Waals surface area (Å²) < 4.78 is 0. The lowest BCUT2D eigenvalue weighted by Gasteiger charge is -2.31. The van der Waals surface area contributed by atoms with Crippen LogP contribution in [0.3, 0.4) is 0 Å². The molecule has 6 nitrogen and oxygen atoms in total. The Labute approximate surface area is 128 Å². The first-order valence-corrected chi connectivity index (χ1v) is 7.58. The highest BCUT2D eigenvalue weighted by Gasteiger charge is 2.21. The summed E-state index contributed by atoms with van der Waals surface area (Å²) in [7, 11) is 0. The van der Waals surface area contributed by atoms with Gasteiger partial charge in [-0.3, -0.25) is 9.69 Å². The lowest BCUT2D eigenvalue weighted by Crippen LogP contribution is -2.50. The lowest BCUT2D eigenvalue weighted by molar-refractivity contribution is -0.137. The number of carbonyl (C=O) groups is 2. The highest BCUT2D eigenvalue weighted by molar-refractivity contribution is 5.74. The van der Waals surface area contributed by atoms with Crippen LogP contribution in [0.2, 0.25) is 0 Å². The number of hydrogen-bond donors (Lipinski definition) is 3. The quantitative estimate of drug-likeness (QED) is 0.609. The average Bonchev–Trinajstić information content (AvgIpc) is 2.30. The van der Waals surface area contributed by atoms with E-state index in [9.17, 15) is 9.59 Å². The Morgan fingerprint density at radius 3 is 2.10 bits per heavy atom. The van der Waals surface area contributed by atoms with Crippen LogP contribution in [0, 0.1) is 0 Å². The molecule has 0 atom stereocenters. The topological polar surface area (TPSA) is 81.7 Å². The van der Waals surface area contributed by atoms with Gasteiger partial charge < -0.3 is 15.7 Å². The van der Waals surface area contributed by atoms with Gasteiger partial charge in [0.25, 0.3) is 0 Å². The van der Waals surface area contributed by atoms with E-state index in [4.69, 9.17) is 5.11 Å². The van der Waals surface area contributed by atoms with E-state index in [1.54, 1.807) is 0 Å². The van der Waals surface area contributed by atoms with Crippen LogP contribution in [0.1, 0.15) is 54.4 Å². The standard InChI is InChI=1S/C15H31N3O3/c1-11(2)18(12(3)4)10-9-16-14(21)17-15(5,6)8-7-13(19)20/h11-12H,7-10H2,1-6H3,(H,19,20)(H2,16,17,21). The zero-order chi connectivity index (χ0) is 16.6. The normalized spacial score (nSPS) is 12.0. The third-order valence-electron chi connectivity index (χ3n) is 3.40. The summed E-state index contributed by atoms with van der Waals surface area (Å²) in [6.07, 6.45) is 0.446. The van der Waals surface area contributed by atoms with Crippen molar-refractivity contribution in [3.8, 4) is 0 Å². The fraction of sp³-hybridized carbons (Fsp3) is 0.867. The molecule has 124 valence electrons. The van der Waals surface area contributed by atoms with E-state index in [-0.39, 0.29) is 12.5 Å². The minimum Gasteiger partial charge on any atom is -0.481 e. The van der Waals surface area contributed by atoms with Crippen LogP contribution in [-0.2, 0) is 4.79 Å². The van der Waals surface area contributed by atoms with Gasteiger partial charge in [-0.2, -0.15) is 0 Å². The van der Waals surface area contributed by atoms with Crippen molar-refractivity contribution in [3.63, 3.8) is 0 Å². The number of carbonyl (C=O) groups excluding carboxylic acids is 1. The Morgan fingerprint density at radius 2 is 1.67 bits per heavy atom. The van der Waals surface area contributed by atoms with Crippen molar-refractivity contribution in [1.82, 2.24) is 15.5 Å². The molecule has 0 bridgehead atoms. The van der Waals surface area contributed by atoms with E-state index in [1.807, 2.05) is 13.8 Å². The summed E-state index contributed by atoms with van der Waals surface area (Å²) in [5.74, 6) is -0.852. The van der Waals surface area contributed by atoms with E-state index >= 15 is 0 Å². The van der Waals surface area contributed by atoms with Crippen molar-refractivity contribution in [1.29, 1.82) is 0 Å². The number of urea groups is 1. The predicted octanol–water partition coefficient (Wildman–Crippen LogP) is 2.05. The van der Waals surface area contributed by atoms with Crippen LogP contribution < -0.4 is 10.6 Å². The van der Waals surface area contributed by atoms with Crippen LogP contribution in [-0.4, -0.2) is 52.7 Å². The smallest absolute Gasteiger partial charge is 0.315 e. The maximum atomic E-state index is 11.8. The second-order valence-electron chi connectivity index (χ2n) is 6.58. The molecule has 0 fully saturated rings. The van der Waals surface area contributed by atoms with Gasteiger partial charge in [-0.25, -0.2) is 4.79 Å². The molecule has 0 aliphatic carbocycles. The van der Waals surface area contributed by atoms with Gasteiger partial charge in [-0.05, 0) is 48.0 Å². The summed E-state index contributed by atoms with van der Waals surface area (Å²) in [6.45, 7) is 13.5. The number of nitrogens with one attached hydrogen (secondary N) is 2. The number of nitrogens with zero attached hydrogens (tertiary/aromatic N) is 1. The predicted molar refractivity (Wildman–Crippen MR) is 84.5 cm³/mol. The molecule has 0 aromatic rings.